The lowest BCUT2D eigenvalue weighted by molar-refractivity contribution is 0.701. The Hall–Kier alpha value is -7.02. The summed E-state index contributed by atoms with van der Waals surface area (Å²) in [5.41, 5.74) is 30.1. The Morgan fingerprint density at radius 2 is 1.28 bits per heavy atom. The van der Waals surface area contributed by atoms with E-state index in [2.05, 4.69) is 150 Å². The first-order chi connectivity index (χ1) is 28.2. The molecule has 0 bridgehead atoms. The van der Waals surface area contributed by atoms with Gasteiger partial charge in [-0.05, 0) is 194 Å². The van der Waals surface area contributed by atoms with Crippen LogP contribution < -0.4 is 5.73 Å². The van der Waals surface area contributed by atoms with Gasteiger partial charge in [0, 0.05) is 41.6 Å². The number of hydrogen-bond donors (Lipinski definition) is 1. The minimum atomic E-state index is -0.301. The van der Waals surface area contributed by atoms with Crippen LogP contribution in [0.15, 0.2) is 187 Å². The second kappa shape index (κ2) is 13.3. The van der Waals surface area contributed by atoms with Gasteiger partial charge in [-0.2, -0.15) is 0 Å². The summed E-state index contributed by atoms with van der Waals surface area (Å²) in [5.74, 6) is 0. The number of hydrogen-bond acceptors (Lipinski definition) is 3. The highest BCUT2D eigenvalue weighted by atomic mass is 14.6. The van der Waals surface area contributed by atoms with E-state index in [0.29, 0.717) is 0 Å². The van der Waals surface area contributed by atoms with Crippen molar-refractivity contribution >= 4 is 5.69 Å². The first-order valence-corrected chi connectivity index (χ1v) is 20.0. The minimum Gasteiger partial charge on any atom is -0.398 e. The molecule has 2 N–H and O–H groups in total. The lowest BCUT2D eigenvalue weighted by Crippen LogP contribution is -2.29. The molecule has 0 saturated carbocycles. The highest BCUT2D eigenvalue weighted by Gasteiger charge is 2.53. The van der Waals surface area contributed by atoms with Gasteiger partial charge in [0.15, 0.2) is 0 Å². The Bertz CT molecular complexity index is 2820. The van der Waals surface area contributed by atoms with Crippen LogP contribution in [0.5, 0.6) is 0 Å². The van der Waals surface area contributed by atoms with E-state index >= 15 is 0 Å². The van der Waals surface area contributed by atoms with Crippen molar-refractivity contribution in [1.82, 2.24) is 9.97 Å². The van der Waals surface area contributed by atoms with Crippen LogP contribution in [0.3, 0.4) is 0 Å². The van der Waals surface area contributed by atoms with Gasteiger partial charge in [-0.25, -0.2) is 0 Å². The van der Waals surface area contributed by atoms with Crippen molar-refractivity contribution in [2.24, 2.45) is 0 Å². The molecule has 7 aromatic rings. The molecule has 0 amide bonds. The summed E-state index contributed by atoms with van der Waals surface area (Å²) < 4.78 is 0. The molecule has 4 aliphatic rings. The van der Waals surface area contributed by atoms with Gasteiger partial charge in [0.1, 0.15) is 0 Å². The number of allylic oxidation sites excluding steroid dienone is 8. The Kier molecular flexibility index (Phi) is 7.79. The number of nitrogens with zero attached hydrogens (tertiary/aromatic N) is 2. The molecule has 0 saturated heterocycles. The van der Waals surface area contributed by atoms with Gasteiger partial charge in [0.2, 0.25) is 0 Å². The van der Waals surface area contributed by atoms with E-state index in [4.69, 9.17) is 5.73 Å². The third kappa shape index (κ3) is 5.29. The standard InChI is InChI=1S/C54H39N3/c55-53-19-8-4-15-46(53)47-34-52-48(45-14-3-7-18-51(45)54(52)49-16-5-1-12-43(49)44-13-2-6-17-50(44)54)33-42(47)29-35-10-9-11-38(28-35)41-31-39(36-20-24-56-25-21-36)30-40(32-41)37-22-26-57-27-23-37/h1,3-4,6-8,10,12,14-15,17-28,30-34H,2,5,13,16,29,55H2. The van der Waals surface area contributed by atoms with E-state index < -0.39 is 0 Å². The molecule has 1 atom stereocenters. The fourth-order valence-corrected chi connectivity index (χ4v) is 10.1. The number of benzene rings is 4. The summed E-state index contributed by atoms with van der Waals surface area (Å²) in [6, 6.07) is 48.8. The number of nitrogen functional groups attached to an aromatic ring is 1. The lowest BCUT2D eigenvalue weighted by Gasteiger charge is -2.35. The van der Waals surface area contributed by atoms with Gasteiger partial charge in [-0.3, -0.25) is 9.97 Å². The lowest BCUT2D eigenvalue weighted by atomic mass is 9.66. The number of fused-ring (bicyclic) bond motifs is 8. The predicted octanol–water partition coefficient (Wildman–Crippen LogP) is 12.5. The Labute approximate surface area is 334 Å². The van der Waals surface area contributed by atoms with Crippen molar-refractivity contribution in [3.63, 3.8) is 0 Å². The highest BCUT2D eigenvalue weighted by Crippen LogP contribution is 2.65. The second-order valence-electron chi connectivity index (χ2n) is 15.6. The zero-order chi connectivity index (χ0) is 37.9. The molecule has 0 radical (unpaired) electrons. The molecule has 1 spiro atoms. The molecule has 3 nitrogen and oxygen atoms in total. The molecule has 57 heavy (non-hydrogen) atoms. The molecule has 4 aliphatic carbocycles. The summed E-state index contributed by atoms with van der Waals surface area (Å²) in [6.07, 6.45) is 22.0. The molecule has 11 rings (SSSR count). The fraction of sp³-hybridized carbons (Fsp3) is 0.111. The molecule has 0 fully saturated rings. The Balaban J connectivity index is 1.08. The Morgan fingerprint density at radius 3 is 2.05 bits per heavy atom. The number of pyridine rings is 2. The van der Waals surface area contributed by atoms with Crippen LogP contribution in [0.25, 0.3) is 55.6 Å². The van der Waals surface area contributed by atoms with Gasteiger partial charge < -0.3 is 5.73 Å². The van der Waals surface area contributed by atoms with E-state index in [1.54, 1.807) is 5.57 Å². The number of nitrogens with two attached hydrogens (primary N) is 1. The zero-order valence-corrected chi connectivity index (χ0v) is 31.6. The van der Waals surface area contributed by atoms with Gasteiger partial charge in [0.05, 0.1) is 5.41 Å². The van der Waals surface area contributed by atoms with Crippen molar-refractivity contribution in [2.75, 3.05) is 5.73 Å². The van der Waals surface area contributed by atoms with Crippen molar-refractivity contribution in [3.8, 4) is 55.6 Å². The smallest absolute Gasteiger partial charge is 0.0685 e. The SMILES string of the molecule is Nc1ccccc1-c1cc2c(cc1Cc1cc#cc(-c3cc(-c4ccncc4)cc(-c4ccncc4)c3)c1)-c1ccccc1C21C2=C(CCC=C2)C2=C1CCC=C2. The molecule has 1 unspecified atom stereocenters. The number of rotatable bonds is 6. The molecule has 2 aromatic heterocycles. The van der Waals surface area contributed by atoms with Crippen LogP contribution in [0, 0.1) is 12.1 Å². The van der Waals surface area contributed by atoms with Gasteiger partial charge in [-0.1, -0.05) is 78.9 Å². The van der Waals surface area contributed by atoms with Crippen LogP contribution in [-0.2, 0) is 11.8 Å². The quantitative estimate of drug-likeness (QED) is 0.173. The van der Waals surface area contributed by atoms with Gasteiger partial charge >= 0.3 is 0 Å². The van der Waals surface area contributed by atoms with Crippen LogP contribution >= 0.6 is 0 Å². The molecule has 3 heteroatoms. The maximum atomic E-state index is 6.87. The van der Waals surface area contributed by atoms with Crippen molar-refractivity contribution < 1.29 is 0 Å². The van der Waals surface area contributed by atoms with Crippen LogP contribution in [0.2, 0.25) is 0 Å². The third-order valence-electron chi connectivity index (χ3n) is 12.5. The molecule has 2 heterocycles. The van der Waals surface area contributed by atoms with Crippen LogP contribution in [0.4, 0.5) is 5.69 Å². The van der Waals surface area contributed by atoms with E-state index in [1.165, 1.54) is 55.7 Å². The number of aromatic nitrogens is 2. The third-order valence-corrected chi connectivity index (χ3v) is 12.5. The Morgan fingerprint density at radius 1 is 0.596 bits per heavy atom. The topological polar surface area (TPSA) is 51.8 Å². The second-order valence-corrected chi connectivity index (χ2v) is 15.6. The van der Waals surface area contributed by atoms with Crippen LogP contribution in [0.1, 0.15) is 47.9 Å². The predicted molar refractivity (Wildman–Crippen MR) is 232 cm³/mol. The van der Waals surface area contributed by atoms with E-state index in [0.717, 1.165) is 76.7 Å². The van der Waals surface area contributed by atoms with E-state index in [9.17, 15) is 0 Å². The van der Waals surface area contributed by atoms with Gasteiger partial charge in [-0.15, -0.1) is 0 Å². The highest BCUT2D eigenvalue weighted by molar-refractivity contribution is 5.93. The summed E-state index contributed by atoms with van der Waals surface area (Å²) in [5, 5.41) is 0. The molecule has 270 valence electrons. The molecular weight excluding hydrogens is 691 g/mol. The summed E-state index contributed by atoms with van der Waals surface area (Å²) in [4.78, 5) is 8.54. The zero-order valence-electron chi connectivity index (χ0n) is 31.6. The largest absolute Gasteiger partial charge is 0.398 e. The van der Waals surface area contributed by atoms with Crippen molar-refractivity contribution in [3.05, 3.63) is 221 Å². The van der Waals surface area contributed by atoms with Crippen molar-refractivity contribution in [2.45, 2.75) is 37.5 Å². The number of anilines is 1. The average molecular weight is 730 g/mol. The van der Waals surface area contributed by atoms with E-state index in [1.807, 2.05) is 36.9 Å². The maximum absolute atomic E-state index is 6.87. The first-order valence-electron chi connectivity index (χ1n) is 20.0. The first kappa shape index (κ1) is 33.3. The summed E-state index contributed by atoms with van der Waals surface area (Å²) in [7, 11) is 0. The normalized spacial score (nSPS) is 17.3. The average Bonchev–Trinajstić information content (AvgIpc) is 3.74. The molecular formula is C54H39N3. The van der Waals surface area contributed by atoms with Gasteiger partial charge in [0.25, 0.3) is 0 Å². The fourth-order valence-electron chi connectivity index (χ4n) is 10.1. The minimum absolute atomic E-state index is 0.301. The van der Waals surface area contributed by atoms with Crippen LogP contribution in [-0.4, -0.2) is 9.97 Å². The van der Waals surface area contributed by atoms with Crippen molar-refractivity contribution in [1.29, 1.82) is 0 Å². The maximum Gasteiger partial charge on any atom is 0.0685 e. The summed E-state index contributed by atoms with van der Waals surface area (Å²) >= 11 is 0. The van der Waals surface area contributed by atoms with E-state index in [-0.39, 0.29) is 5.41 Å². The molecule has 5 aromatic carbocycles. The molecule has 0 aliphatic heterocycles. The number of para-hydroxylation sites is 1. The monoisotopic (exact) mass is 729 g/mol. The summed E-state index contributed by atoms with van der Waals surface area (Å²) in [6.45, 7) is 0.